The van der Waals surface area contributed by atoms with E-state index >= 15 is 0 Å². The third kappa shape index (κ3) is 5.10. The lowest BCUT2D eigenvalue weighted by Gasteiger charge is -2.42. The van der Waals surface area contributed by atoms with Gasteiger partial charge in [-0.3, -0.25) is 19.3 Å². The van der Waals surface area contributed by atoms with E-state index in [1.165, 1.54) is 12.3 Å². The van der Waals surface area contributed by atoms with Crippen molar-refractivity contribution in [3.8, 4) is 11.5 Å². The smallest absolute Gasteiger partial charge is 0.278 e. The van der Waals surface area contributed by atoms with Crippen LogP contribution in [0.4, 0.5) is 0 Å². The van der Waals surface area contributed by atoms with Crippen LogP contribution in [0.25, 0.3) is 0 Å². The van der Waals surface area contributed by atoms with Crippen LogP contribution in [0.1, 0.15) is 29.4 Å². The van der Waals surface area contributed by atoms with Crippen LogP contribution < -0.4 is 15.2 Å². The largest absolute Gasteiger partial charge is 0.502 e. The molecule has 0 saturated heterocycles. The molecule has 0 spiro atoms. The summed E-state index contributed by atoms with van der Waals surface area (Å²) in [5, 5.41) is 13.0. The number of rotatable bonds is 8. The Morgan fingerprint density at radius 1 is 1.12 bits per heavy atom. The molecular weight excluding hydrogens is 454 g/mol. The van der Waals surface area contributed by atoms with E-state index in [1.807, 2.05) is 66.5 Å². The number of carbonyl (C=O) groups excluding carboxylic acids is 1. The average molecular weight is 480 g/mol. The lowest BCUT2D eigenvalue weighted by atomic mass is 10.1. The first-order valence-electron chi connectivity index (χ1n) is 11.1. The van der Waals surface area contributed by atoms with Crippen molar-refractivity contribution in [3.63, 3.8) is 0 Å². The lowest BCUT2D eigenvalue weighted by Crippen LogP contribution is -2.56. The monoisotopic (exact) mass is 479 g/mol. The molecule has 3 aromatic rings. The highest BCUT2D eigenvalue weighted by Crippen LogP contribution is 2.24. The predicted octanol–water partition coefficient (Wildman–Crippen LogP) is 4.17. The zero-order valence-electron chi connectivity index (χ0n) is 18.8. The zero-order chi connectivity index (χ0) is 24.1. The minimum absolute atomic E-state index is 0.0308. The quantitative estimate of drug-likeness (QED) is 0.491. The number of ether oxygens (including phenoxy) is 1. The molecule has 1 aromatic heterocycles. The number of carbonyl (C=O) groups is 1. The van der Waals surface area contributed by atoms with E-state index in [0.29, 0.717) is 37.0 Å². The number of nitrogens with zero attached hydrogens (tertiary/aromatic N) is 3. The molecular formula is C26H26ClN3O4. The third-order valence-electron chi connectivity index (χ3n) is 5.66. The van der Waals surface area contributed by atoms with Gasteiger partial charge < -0.3 is 14.7 Å². The molecule has 1 aliphatic heterocycles. The summed E-state index contributed by atoms with van der Waals surface area (Å²) in [6.45, 7) is 3.08. The number of halogens is 1. The van der Waals surface area contributed by atoms with E-state index in [4.69, 9.17) is 16.3 Å². The van der Waals surface area contributed by atoms with Crippen molar-refractivity contribution < 1.29 is 14.6 Å². The van der Waals surface area contributed by atoms with Crippen molar-refractivity contribution in [1.82, 2.24) is 9.58 Å². The molecule has 1 N–H and O–H groups in total. The summed E-state index contributed by atoms with van der Waals surface area (Å²) in [5.41, 5.74) is 0.427. The molecule has 176 valence electrons. The first-order valence-corrected chi connectivity index (χ1v) is 11.5. The first-order chi connectivity index (χ1) is 16.5. The fraction of sp³-hybridized carbons (Fsp3) is 0.231. The zero-order valence-corrected chi connectivity index (χ0v) is 19.6. The van der Waals surface area contributed by atoms with Crippen molar-refractivity contribution in [1.29, 1.82) is 0 Å². The molecule has 7 nitrogen and oxygen atoms in total. The number of aromatic hydroxyl groups is 1. The van der Waals surface area contributed by atoms with Crippen LogP contribution in [-0.4, -0.2) is 39.9 Å². The second kappa shape index (κ2) is 10.5. The maximum atomic E-state index is 13.4. The van der Waals surface area contributed by atoms with Crippen molar-refractivity contribution in [2.75, 3.05) is 18.3 Å². The van der Waals surface area contributed by atoms with Gasteiger partial charge in [0.15, 0.2) is 11.4 Å². The second-order valence-electron chi connectivity index (χ2n) is 7.96. The molecule has 4 rings (SSSR count). The molecule has 2 aromatic carbocycles. The molecule has 0 radical (unpaired) electrons. The van der Waals surface area contributed by atoms with Gasteiger partial charge in [-0.2, -0.15) is 0 Å². The Balaban J connectivity index is 1.57. The second-order valence-corrected chi connectivity index (χ2v) is 8.40. The van der Waals surface area contributed by atoms with E-state index < -0.39 is 17.1 Å². The highest BCUT2D eigenvalue weighted by molar-refractivity contribution is 6.30. The highest BCUT2D eigenvalue weighted by Gasteiger charge is 2.34. The van der Waals surface area contributed by atoms with Gasteiger partial charge in [-0.25, -0.2) is 0 Å². The topological polar surface area (TPSA) is 75.0 Å². The van der Waals surface area contributed by atoms with Crippen LogP contribution in [-0.2, 0) is 6.54 Å². The number of pyridine rings is 1. The minimum Gasteiger partial charge on any atom is -0.502 e. The predicted molar refractivity (Wildman–Crippen MR) is 132 cm³/mol. The first kappa shape index (κ1) is 23.4. The Bertz CT molecular complexity index is 1240. The summed E-state index contributed by atoms with van der Waals surface area (Å²) in [7, 11) is 0. The summed E-state index contributed by atoms with van der Waals surface area (Å²) >= 11 is 5.99. The number of amides is 1. The molecule has 1 atom stereocenters. The van der Waals surface area contributed by atoms with Gasteiger partial charge in [-0.1, -0.05) is 61.0 Å². The molecule has 8 heteroatoms. The van der Waals surface area contributed by atoms with Gasteiger partial charge in [0.25, 0.3) is 5.91 Å². The third-order valence-corrected chi connectivity index (χ3v) is 5.90. The molecule has 0 saturated carbocycles. The Morgan fingerprint density at radius 3 is 2.65 bits per heavy atom. The highest BCUT2D eigenvalue weighted by atomic mass is 35.5. The summed E-state index contributed by atoms with van der Waals surface area (Å²) in [6, 6.07) is 18.0. The van der Waals surface area contributed by atoms with Gasteiger partial charge in [-0.15, -0.1) is 0 Å². The number of aromatic nitrogens is 1. The fourth-order valence-electron chi connectivity index (χ4n) is 3.95. The van der Waals surface area contributed by atoms with Crippen LogP contribution >= 0.6 is 11.6 Å². The Hall–Kier alpha value is -3.71. The van der Waals surface area contributed by atoms with Gasteiger partial charge in [-0.05, 0) is 36.3 Å². The molecule has 0 bridgehead atoms. The standard InChI is InChI=1S/C26H26ClN3O4/c1-2-21(11-7-15-34-22-12-6-10-20(27)16-22)29-18-28(17-19-8-4-3-5-9-19)30-14-13-23(31)25(32)24(30)26(29)33/h3-14,16,21,32H,2,15,17-18H2,1H3/b11-7+/t21-/m0/s1. The molecule has 1 aliphatic rings. The van der Waals surface area contributed by atoms with E-state index in [2.05, 4.69) is 0 Å². The number of benzene rings is 2. The maximum Gasteiger partial charge on any atom is 0.278 e. The van der Waals surface area contributed by atoms with Gasteiger partial charge in [0.2, 0.25) is 5.43 Å². The van der Waals surface area contributed by atoms with Crippen LogP contribution in [0.15, 0.2) is 83.8 Å². The van der Waals surface area contributed by atoms with E-state index in [1.54, 1.807) is 21.7 Å². The fourth-order valence-corrected chi connectivity index (χ4v) is 4.13. The van der Waals surface area contributed by atoms with Crippen molar-refractivity contribution in [3.05, 3.63) is 106 Å². The molecule has 0 aliphatic carbocycles. The van der Waals surface area contributed by atoms with Crippen molar-refractivity contribution in [2.45, 2.75) is 25.9 Å². The number of hydrogen-bond donors (Lipinski definition) is 1. The summed E-state index contributed by atoms with van der Waals surface area (Å²) in [4.78, 5) is 27.2. The van der Waals surface area contributed by atoms with Crippen molar-refractivity contribution in [2.24, 2.45) is 0 Å². The SMILES string of the molecule is CC[C@@H](/C=C/COc1cccc(Cl)c1)N1CN(Cc2ccccc2)n2ccc(=O)c(O)c2C1=O. The number of fused-ring (bicyclic) bond motifs is 1. The van der Waals surface area contributed by atoms with Crippen LogP contribution in [0.2, 0.25) is 5.02 Å². The Kier molecular flexibility index (Phi) is 7.23. The summed E-state index contributed by atoms with van der Waals surface area (Å²) in [6.07, 6.45) is 5.95. The average Bonchev–Trinajstić information content (AvgIpc) is 2.84. The lowest BCUT2D eigenvalue weighted by molar-refractivity contribution is 0.0631. The van der Waals surface area contributed by atoms with Gasteiger partial charge in [0.1, 0.15) is 19.0 Å². The van der Waals surface area contributed by atoms with Gasteiger partial charge in [0, 0.05) is 17.3 Å². The molecule has 34 heavy (non-hydrogen) atoms. The Labute approximate surface area is 203 Å². The molecule has 2 heterocycles. The van der Waals surface area contributed by atoms with Crippen molar-refractivity contribution >= 4 is 17.5 Å². The van der Waals surface area contributed by atoms with Gasteiger partial charge in [0.05, 0.1) is 12.6 Å². The van der Waals surface area contributed by atoms with E-state index in [-0.39, 0.29) is 11.7 Å². The van der Waals surface area contributed by atoms with Gasteiger partial charge >= 0.3 is 0 Å². The van der Waals surface area contributed by atoms with Crippen LogP contribution in [0.3, 0.4) is 0 Å². The van der Waals surface area contributed by atoms with Crippen LogP contribution in [0, 0.1) is 0 Å². The maximum absolute atomic E-state index is 13.4. The minimum atomic E-state index is -0.584. The Morgan fingerprint density at radius 2 is 1.91 bits per heavy atom. The normalized spacial score (nSPS) is 14.4. The summed E-state index contributed by atoms with van der Waals surface area (Å²) in [5.74, 6) is -0.281. The van der Waals surface area contributed by atoms with E-state index in [9.17, 15) is 14.7 Å². The summed E-state index contributed by atoms with van der Waals surface area (Å²) < 4.78 is 7.29. The number of hydrogen-bond acceptors (Lipinski definition) is 5. The van der Waals surface area contributed by atoms with Crippen LogP contribution in [0.5, 0.6) is 11.5 Å². The molecule has 1 amide bonds. The molecule has 0 unspecified atom stereocenters. The molecule has 0 fully saturated rings. The van der Waals surface area contributed by atoms with E-state index in [0.717, 1.165) is 5.56 Å².